The lowest BCUT2D eigenvalue weighted by Crippen LogP contribution is -2.13. The Morgan fingerprint density at radius 3 is 2.57 bits per heavy atom. The van der Waals surface area contributed by atoms with Gasteiger partial charge in [0.2, 0.25) is 0 Å². The maximum Gasteiger partial charge on any atom is 0.119 e. The molecule has 3 heteroatoms. The average Bonchev–Trinajstić information content (AvgIpc) is 2.74. The molecule has 1 heterocycles. The summed E-state index contributed by atoms with van der Waals surface area (Å²) in [5, 5.41) is 3.52. The van der Waals surface area contributed by atoms with Gasteiger partial charge >= 0.3 is 0 Å². The normalized spacial score (nSPS) is 10.9. The number of rotatable bonds is 7. The molecular formula is C18H26N2O. The lowest BCUT2D eigenvalue weighted by molar-refractivity contribution is 0.340. The van der Waals surface area contributed by atoms with Crippen molar-refractivity contribution in [1.29, 1.82) is 0 Å². The minimum Gasteiger partial charge on any atom is -0.494 e. The molecule has 0 amide bonds. The molecule has 0 bridgehead atoms. The first-order valence-electron chi connectivity index (χ1n) is 7.73. The molecule has 0 unspecified atom stereocenters. The molecule has 0 atom stereocenters. The number of benzene rings is 1. The van der Waals surface area contributed by atoms with Gasteiger partial charge in [-0.25, -0.2) is 0 Å². The van der Waals surface area contributed by atoms with Gasteiger partial charge in [-0.3, -0.25) is 0 Å². The molecule has 0 aliphatic rings. The molecule has 0 saturated carbocycles. The van der Waals surface area contributed by atoms with Gasteiger partial charge in [0, 0.05) is 31.0 Å². The Kier molecular flexibility index (Phi) is 5.45. The van der Waals surface area contributed by atoms with Crippen molar-refractivity contribution in [1.82, 2.24) is 9.88 Å². The predicted octanol–water partition coefficient (Wildman–Crippen LogP) is 3.81. The van der Waals surface area contributed by atoms with Crippen LogP contribution in [0.15, 0.2) is 30.3 Å². The third-order valence-corrected chi connectivity index (χ3v) is 3.85. The van der Waals surface area contributed by atoms with E-state index in [1.807, 2.05) is 19.1 Å². The van der Waals surface area contributed by atoms with Crippen LogP contribution in [0, 0.1) is 13.8 Å². The van der Waals surface area contributed by atoms with Crippen molar-refractivity contribution in [3.05, 3.63) is 52.8 Å². The van der Waals surface area contributed by atoms with E-state index in [2.05, 4.69) is 48.9 Å². The zero-order chi connectivity index (χ0) is 15.2. The highest BCUT2D eigenvalue weighted by atomic mass is 16.5. The van der Waals surface area contributed by atoms with E-state index in [1.54, 1.807) is 0 Å². The van der Waals surface area contributed by atoms with E-state index < -0.39 is 0 Å². The standard InChI is InChI=1S/C18H26N2O/c1-5-20-14(3)10-17(15(20)4)13-19-12-16-8-7-9-18(11-16)21-6-2/h7-11,19H,5-6,12-13H2,1-4H3. The van der Waals surface area contributed by atoms with Gasteiger partial charge in [-0.1, -0.05) is 12.1 Å². The largest absolute Gasteiger partial charge is 0.494 e. The number of aromatic nitrogens is 1. The van der Waals surface area contributed by atoms with Gasteiger partial charge in [0.15, 0.2) is 0 Å². The van der Waals surface area contributed by atoms with E-state index in [-0.39, 0.29) is 0 Å². The summed E-state index contributed by atoms with van der Waals surface area (Å²) in [6.45, 7) is 12.1. The molecule has 0 radical (unpaired) electrons. The van der Waals surface area contributed by atoms with E-state index in [0.717, 1.165) is 25.4 Å². The zero-order valence-electron chi connectivity index (χ0n) is 13.6. The zero-order valence-corrected chi connectivity index (χ0v) is 13.6. The van der Waals surface area contributed by atoms with Crippen LogP contribution in [0.4, 0.5) is 0 Å². The first-order chi connectivity index (χ1) is 10.2. The van der Waals surface area contributed by atoms with Gasteiger partial charge in [-0.2, -0.15) is 0 Å². The lowest BCUT2D eigenvalue weighted by Gasteiger charge is -2.09. The highest BCUT2D eigenvalue weighted by Gasteiger charge is 2.07. The molecule has 0 aliphatic carbocycles. The van der Waals surface area contributed by atoms with Crippen LogP contribution in [0.2, 0.25) is 0 Å². The maximum atomic E-state index is 5.53. The maximum absolute atomic E-state index is 5.53. The number of hydrogen-bond donors (Lipinski definition) is 1. The summed E-state index contributed by atoms with van der Waals surface area (Å²) in [5.74, 6) is 0.945. The number of aryl methyl sites for hydroxylation is 1. The van der Waals surface area contributed by atoms with Gasteiger partial charge in [0.1, 0.15) is 5.75 Å². The Labute approximate surface area is 127 Å². The molecule has 0 saturated heterocycles. The van der Waals surface area contributed by atoms with Gasteiger partial charge in [0.05, 0.1) is 6.61 Å². The molecule has 2 rings (SSSR count). The van der Waals surface area contributed by atoms with Gasteiger partial charge in [-0.05, 0) is 57.0 Å². The molecule has 2 aromatic rings. The van der Waals surface area contributed by atoms with Crippen molar-refractivity contribution in [3.8, 4) is 5.75 Å². The van der Waals surface area contributed by atoms with Crippen LogP contribution in [0.5, 0.6) is 5.75 Å². The summed E-state index contributed by atoms with van der Waals surface area (Å²) >= 11 is 0. The summed E-state index contributed by atoms with van der Waals surface area (Å²) in [6.07, 6.45) is 0. The van der Waals surface area contributed by atoms with Crippen molar-refractivity contribution in [2.45, 2.75) is 47.3 Å². The van der Waals surface area contributed by atoms with Crippen LogP contribution in [-0.4, -0.2) is 11.2 Å². The Bertz CT molecular complexity index is 587. The predicted molar refractivity (Wildman–Crippen MR) is 87.7 cm³/mol. The second-order valence-corrected chi connectivity index (χ2v) is 5.32. The Morgan fingerprint density at radius 2 is 1.90 bits per heavy atom. The number of hydrogen-bond acceptors (Lipinski definition) is 2. The fraction of sp³-hybridized carbons (Fsp3) is 0.444. The fourth-order valence-electron chi connectivity index (χ4n) is 2.79. The van der Waals surface area contributed by atoms with Gasteiger partial charge in [-0.15, -0.1) is 0 Å². The summed E-state index contributed by atoms with van der Waals surface area (Å²) in [6, 6.07) is 10.6. The Morgan fingerprint density at radius 1 is 1.10 bits per heavy atom. The van der Waals surface area contributed by atoms with Gasteiger partial charge in [0.25, 0.3) is 0 Å². The van der Waals surface area contributed by atoms with E-state index >= 15 is 0 Å². The summed E-state index contributed by atoms with van der Waals surface area (Å²) in [4.78, 5) is 0. The van der Waals surface area contributed by atoms with E-state index in [4.69, 9.17) is 4.74 Å². The Hall–Kier alpha value is -1.74. The van der Waals surface area contributed by atoms with Crippen LogP contribution in [0.25, 0.3) is 0 Å². The molecule has 1 aromatic carbocycles. The first-order valence-corrected chi connectivity index (χ1v) is 7.73. The molecule has 114 valence electrons. The number of nitrogens with one attached hydrogen (secondary N) is 1. The van der Waals surface area contributed by atoms with Crippen LogP contribution in [0.1, 0.15) is 36.4 Å². The SMILES string of the molecule is CCOc1cccc(CNCc2cc(C)n(CC)c2C)c1. The second-order valence-electron chi connectivity index (χ2n) is 5.32. The molecule has 0 aliphatic heterocycles. The molecule has 21 heavy (non-hydrogen) atoms. The highest BCUT2D eigenvalue weighted by Crippen LogP contribution is 2.16. The minimum absolute atomic E-state index is 0.708. The van der Waals surface area contributed by atoms with Crippen molar-refractivity contribution < 1.29 is 4.74 Å². The summed E-state index contributed by atoms with van der Waals surface area (Å²) in [7, 11) is 0. The molecular weight excluding hydrogens is 260 g/mol. The fourth-order valence-corrected chi connectivity index (χ4v) is 2.79. The van der Waals surface area contributed by atoms with Crippen molar-refractivity contribution in [3.63, 3.8) is 0 Å². The monoisotopic (exact) mass is 286 g/mol. The third-order valence-electron chi connectivity index (χ3n) is 3.85. The summed E-state index contributed by atoms with van der Waals surface area (Å²) in [5.41, 5.74) is 5.34. The molecule has 1 aromatic heterocycles. The minimum atomic E-state index is 0.708. The van der Waals surface area contributed by atoms with E-state index in [1.165, 1.54) is 22.5 Å². The molecule has 0 spiro atoms. The van der Waals surface area contributed by atoms with Crippen molar-refractivity contribution in [2.75, 3.05) is 6.61 Å². The third kappa shape index (κ3) is 3.88. The lowest BCUT2D eigenvalue weighted by atomic mass is 10.2. The topological polar surface area (TPSA) is 26.2 Å². The van der Waals surface area contributed by atoms with Crippen LogP contribution >= 0.6 is 0 Å². The first kappa shape index (κ1) is 15.6. The average molecular weight is 286 g/mol. The van der Waals surface area contributed by atoms with Crippen molar-refractivity contribution >= 4 is 0 Å². The second kappa shape index (κ2) is 7.32. The number of ether oxygens (including phenoxy) is 1. The van der Waals surface area contributed by atoms with Crippen LogP contribution in [0.3, 0.4) is 0 Å². The number of nitrogens with zero attached hydrogens (tertiary/aromatic N) is 1. The smallest absolute Gasteiger partial charge is 0.119 e. The van der Waals surface area contributed by atoms with Crippen LogP contribution in [-0.2, 0) is 19.6 Å². The van der Waals surface area contributed by atoms with Gasteiger partial charge < -0.3 is 14.6 Å². The highest BCUT2D eigenvalue weighted by molar-refractivity contribution is 5.29. The molecule has 0 fully saturated rings. The Balaban J connectivity index is 1.94. The molecule has 1 N–H and O–H groups in total. The van der Waals surface area contributed by atoms with Crippen molar-refractivity contribution in [2.24, 2.45) is 0 Å². The molecule has 3 nitrogen and oxygen atoms in total. The van der Waals surface area contributed by atoms with E-state index in [9.17, 15) is 0 Å². The summed E-state index contributed by atoms with van der Waals surface area (Å²) < 4.78 is 7.89. The van der Waals surface area contributed by atoms with E-state index in [0.29, 0.717) is 6.61 Å². The van der Waals surface area contributed by atoms with Crippen LogP contribution < -0.4 is 10.1 Å². The quantitative estimate of drug-likeness (QED) is 0.837.